The summed E-state index contributed by atoms with van der Waals surface area (Å²) >= 11 is 0. The molecule has 0 saturated carbocycles. The van der Waals surface area contributed by atoms with Crippen molar-refractivity contribution in [2.75, 3.05) is 18.5 Å². The van der Waals surface area contributed by atoms with E-state index in [-0.39, 0.29) is 11.8 Å². The van der Waals surface area contributed by atoms with E-state index in [4.69, 9.17) is 5.73 Å². The molecule has 0 aromatic heterocycles. The Kier molecular flexibility index (Phi) is 4.91. The summed E-state index contributed by atoms with van der Waals surface area (Å²) in [6, 6.07) is 19.6. The number of rotatable bonds is 5. The van der Waals surface area contributed by atoms with Crippen molar-refractivity contribution >= 4 is 11.6 Å². The van der Waals surface area contributed by atoms with Gasteiger partial charge in [-0.1, -0.05) is 48.5 Å². The van der Waals surface area contributed by atoms with Crippen LogP contribution in [0.1, 0.15) is 17.9 Å². The van der Waals surface area contributed by atoms with Gasteiger partial charge in [0.25, 0.3) is 0 Å². The summed E-state index contributed by atoms with van der Waals surface area (Å²) in [6.07, 6.45) is 0.423. The van der Waals surface area contributed by atoms with Crippen LogP contribution in [-0.4, -0.2) is 19.5 Å². The lowest BCUT2D eigenvalue weighted by Gasteiger charge is -2.21. The Labute approximate surface area is 120 Å². The lowest BCUT2D eigenvalue weighted by atomic mass is 9.95. The number of hydrogen-bond acceptors (Lipinski definition) is 2. The Morgan fingerprint density at radius 2 is 1.60 bits per heavy atom. The molecule has 2 aromatic rings. The summed E-state index contributed by atoms with van der Waals surface area (Å²) in [5.41, 5.74) is 7.84. The van der Waals surface area contributed by atoms with Crippen LogP contribution in [0.4, 0.5) is 5.69 Å². The first-order valence-electron chi connectivity index (χ1n) is 6.79. The Morgan fingerprint density at radius 1 is 1.05 bits per heavy atom. The molecule has 104 valence electrons. The highest BCUT2D eigenvalue weighted by Crippen LogP contribution is 2.21. The van der Waals surface area contributed by atoms with Crippen LogP contribution in [0, 0.1) is 0 Å². The minimum atomic E-state index is 0.0647. The zero-order valence-corrected chi connectivity index (χ0v) is 11.7. The predicted molar refractivity (Wildman–Crippen MR) is 82.7 cm³/mol. The van der Waals surface area contributed by atoms with Crippen LogP contribution >= 0.6 is 0 Å². The van der Waals surface area contributed by atoms with E-state index < -0.39 is 0 Å². The fraction of sp³-hybridized carbons (Fsp3) is 0.235. The van der Waals surface area contributed by atoms with Crippen molar-refractivity contribution in [2.24, 2.45) is 5.73 Å². The highest BCUT2D eigenvalue weighted by atomic mass is 16.2. The average molecular weight is 268 g/mol. The van der Waals surface area contributed by atoms with Crippen molar-refractivity contribution in [3.8, 4) is 0 Å². The number of carbonyl (C=O) groups is 1. The minimum absolute atomic E-state index is 0.0647. The topological polar surface area (TPSA) is 46.3 Å². The van der Waals surface area contributed by atoms with Crippen LogP contribution in [-0.2, 0) is 4.79 Å². The van der Waals surface area contributed by atoms with Crippen molar-refractivity contribution in [2.45, 2.75) is 12.3 Å². The second kappa shape index (κ2) is 6.87. The van der Waals surface area contributed by atoms with Gasteiger partial charge in [0.1, 0.15) is 0 Å². The van der Waals surface area contributed by atoms with E-state index in [0.29, 0.717) is 13.0 Å². The van der Waals surface area contributed by atoms with E-state index in [2.05, 4.69) is 0 Å². The Bertz CT molecular complexity index is 539. The van der Waals surface area contributed by atoms with Gasteiger partial charge in [0.15, 0.2) is 0 Å². The lowest BCUT2D eigenvalue weighted by Crippen LogP contribution is -2.29. The number of nitrogens with zero attached hydrogens (tertiary/aromatic N) is 1. The maximum absolute atomic E-state index is 12.4. The van der Waals surface area contributed by atoms with Crippen LogP contribution < -0.4 is 10.6 Å². The van der Waals surface area contributed by atoms with Gasteiger partial charge in [-0.05, 0) is 24.2 Å². The summed E-state index contributed by atoms with van der Waals surface area (Å²) in [5.74, 6) is 0.144. The van der Waals surface area contributed by atoms with Crippen LogP contribution in [0.2, 0.25) is 0 Å². The van der Waals surface area contributed by atoms with E-state index >= 15 is 0 Å². The molecule has 0 aliphatic carbocycles. The zero-order valence-electron chi connectivity index (χ0n) is 11.7. The molecule has 1 atom stereocenters. The summed E-state index contributed by atoms with van der Waals surface area (Å²) in [4.78, 5) is 14.0. The molecule has 0 aliphatic heterocycles. The van der Waals surface area contributed by atoms with E-state index in [1.165, 1.54) is 0 Å². The molecule has 0 radical (unpaired) electrons. The molecule has 20 heavy (non-hydrogen) atoms. The van der Waals surface area contributed by atoms with E-state index in [1.54, 1.807) is 11.9 Å². The summed E-state index contributed by atoms with van der Waals surface area (Å²) in [6.45, 7) is 0.471. The second-order valence-corrected chi connectivity index (χ2v) is 4.84. The first-order valence-corrected chi connectivity index (χ1v) is 6.79. The minimum Gasteiger partial charge on any atom is -0.330 e. The van der Waals surface area contributed by atoms with Gasteiger partial charge in [-0.15, -0.1) is 0 Å². The number of hydrogen-bond donors (Lipinski definition) is 1. The van der Waals surface area contributed by atoms with Gasteiger partial charge in [0.2, 0.25) is 5.91 Å². The van der Waals surface area contributed by atoms with E-state index in [1.807, 2.05) is 60.7 Å². The van der Waals surface area contributed by atoms with Gasteiger partial charge in [0, 0.05) is 25.1 Å². The van der Waals surface area contributed by atoms with Gasteiger partial charge >= 0.3 is 0 Å². The molecule has 2 aromatic carbocycles. The number of carbonyl (C=O) groups excluding carboxylic acids is 1. The van der Waals surface area contributed by atoms with Crippen molar-refractivity contribution in [1.29, 1.82) is 0 Å². The molecule has 0 fully saturated rings. The molecule has 1 unspecified atom stereocenters. The number of benzene rings is 2. The Hall–Kier alpha value is -2.13. The fourth-order valence-electron chi connectivity index (χ4n) is 2.21. The number of nitrogens with two attached hydrogens (primary N) is 1. The van der Waals surface area contributed by atoms with Crippen LogP contribution in [0.25, 0.3) is 0 Å². The summed E-state index contributed by atoms with van der Waals surface area (Å²) in [7, 11) is 1.80. The van der Waals surface area contributed by atoms with Crippen molar-refractivity contribution < 1.29 is 4.79 Å². The Morgan fingerprint density at radius 3 is 2.15 bits per heavy atom. The molecule has 2 rings (SSSR count). The van der Waals surface area contributed by atoms with Crippen molar-refractivity contribution in [3.63, 3.8) is 0 Å². The van der Waals surface area contributed by atoms with Crippen LogP contribution in [0.15, 0.2) is 60.7 Å². The Balaban J connectivity index is 2.06. The number of para-hydroxylation sites is 1. The molecule has 3 nitrogen and oxygen atoms in total. The second-order valence-electron chi connectivity index (χ2n) is 4.84. The number of amides is 1. The van der Waals surface area contributed by atoms with E-state index in [0.717, 1.165) is 11.3 Å². The first kappa shape index (κ1) is 14.3. The van der Waals surface area contributed by atoms with Crippen molar-refractivity contribution in [3.05, 3.63) is 66.2 Å². The SMILES string of the molecule is CN(C(=O)CC(CN)c1ccccc1)c1ccccc1. The maximum Gasteiger partial charge on any atom is 0.227 e. The molecule has 0 bridgehead atoms. The summed E-state index contributed by atoms with van der Waals surface area (Å²) in [5, 5.41) is 0. The average Bonchev–Trinajstić information content (AvgIpc) is 2.53. The van der Waals surface area contributed by atoms with Crippen LogP contribution in [0.5, 0.6) is 0 Å². The largest absolute Gasteiger partial charge is 0.330 e. The molecule has 2 N–H and O–H groups in total. The molecule has 0 heterocycles. The lowest BCUT2D eigenvalue weighted by molar-refractivity contribution is -0.118. The zero-order chi connectivity index (χ0) is 14.4. The highest BCUT2D eigenvalue weighted by molar-refractivity contribution is 5.93. The molecule has 1 amide bonds. The monoisotopic (exact) mass is 268 g/mol. The maximum atomic E-state index is 12.4. The van der Waals surface area contributed by atoms with Crippen LogP contribution in [0.3, 0.4) is 0 Å². The third-order valence-corrected chi connectivity index (χ3v) is 3.49. The quantitative estimate of drug-likeness (QED) is 0.906. The van der Waals surface area contributed by atoms with E-state index in [9.17, 15) is 4.79 Å². The summed E-state index contributed by atoms with van der Waals surface area (Å²) < 4.78 is 0. The van der Waals surface area contributed by atoms with Gasteiger partial charge in [-0.2, -0.15) is 0 Å². The third kappa shape index (κ3) is 3.45. The molecular formula is C17H20N2O. The molecule has 0 spiro atoms. The first-order chi connectivity index (χ1) is 9.72. The molecular weight excluding hydrogens is 248 g/mol. The fourth-order valence-corrected chi connectivity index (χ4v) is 2.21. The normalized spacial score (nSPS) is 11.9. The number of anilines is 1. The highest BCUT2D eigenvalue weighted by Gasteiger charge is 2.18. The van der Waals surface area contributed by atoms with Gasteiger partial charge in [0.05, 0.1) is 0 Å². The van der Waals surface area contributed by atoms with Crippen molar-refractivity contribution in [1.82, 2.24) is 0 Å². The molecule has 3 heteroatoms. The smallest absolute Gasteiger partial charge is 0.227 e. The van der Waals surface area contributed by atoms with Gasteiger partial charge in [-0.3, -0.25) is 4.79 Å². The standard InChI is InChI=1S/C17H20N2O/c1-19(16-10-6-3-7-11-16)17(20)12-15(13-18)14-8-4-2-5-9-14/h2-11,15H,12-13,18H2,1H3. The molecule has 0 aliphatic rings. The van der Waals surface area contributed by atoms with Gasteiger partial charge in [-0.25, -0.2) is 0 Å². The molecule has 0 saturated heterocycles. The predicted octanol–water partition coefficient (Wildman–Crippen LogP) is 2.78. The van der Waals surface area contributed by atoms with Gasteiger partial charge < -0.3 is 10.6 Å². The third-order valence-electron chi connectivity index (χ3n) is 3.49.